The highest BCUT2D eigenvalue weighted by atomic mass is 35.5. The van der Waals surface area contributed by atoms with Gasteiger partial charge in [-0.05, 0) is 24.4 Å². The number of amides is 1. The summed E-state index contributed by atoms with van der Waals surface area (Å²) >= 11 is 11.2. The van der Waals surface area contributed by atoms with Crippen molar-refractivity contribution in [2.75, 3.05) is 6.61 Å². The number of fused-ring (bicyclic) bond motifs is 1. The van der Waals surface area contributed by atoms with Gasteiger partial charge in [0.2, 0.25) is 0 Å². The van der Waals surface area contributed by atoms with E-state index < -0.39 is 6.09 Å². The van der Waals surface area contributed by atoms with E-state index in [1.165, 1.54) is 0 Å². The Balaban J connectivity index is 2.34. The number of nitrogens with one attached hydrogen (secondary N) is 1. The number of benzene rings is 1. The zero-order valence-corrected chi connectivity index (χ0v) is 10.3. The molecule has 0 atom stereocenters. The highest BCUT2D eigenvalue weighted by molar-refractivity contribution is 7.71. The van der Waals surface area contributed by atoms with Crippen LogP contribution in [0.1, 0.15) is 0 Å². The van der Waals surface area contributed by atoms with Crippen molar-refractivity contribution in [3.63, 3.8) is 0 Å². The predicted octanol–water partition coefficient (Wildman–Crippen LogP) is 2.45. The van der Waals surface area contributed by atoms with Crippen LogP contribution in [0.5, 0.6) is 0 Å². The molecule has 1 aromatic heterocycles. The second-order valence-corrected chi connectivity index (χ2v) is 4.18. The van der Waals surface area contributed by atoms with Gasteiger partial charge < -0.3 is 20.0 Å². The number of aromatic nitrogens is 2. The summed E-state index contributed by atoms with van der Waals surface area (Å²) in [5.41, 5.74) is 6.53. The first kappa shape index (κ1) is 11.9. The minimum absolute atomic E-state index is 0.170. The van der Waals surface area contributed by atoms with Gasteiger partial charge in [0.1, 0.15) is 6.61 Å². The fourth-order valence-corrected chi connectivity index (χ4v) is 2.11. The number of rotatable bonds is 3. The van der Waals surface area contributed by atoms with E-state index in [1.54, 1.807) is 10.6 Å². The molecule has 17 heavy (non-hydrogen) atoms. The van der Waals surface area contributed by atoms with Gasteiger partial charge in [-0.25, -0.2) is 4.79 Å². The molecule has 1 amide bonds. The number of nitrogens with two attached hydrogens (primary N) is 1. The normalized spacial score (nSPS) is 10.6. The number of imidazole rings is 1. The molecule has 5 nitrogen and oxygen atoms in total. The van der Waals surface area contributed by atoms with Gasteiger partial charge in [-0.15, -0.1) is 0 Å². The van der Waals surface area contributed by atoms with Crippen LogP contribution in [0.2, 0.25) is 5.02 Å². The number of nitrogens with zero attached hydrogens (tertiary/aromatic N) is 1. The molecule has 3 N–H and O–H groups in total. The lowest BCUT2D eigenvalue weighted by Crippen LogP contribution is -2.16. The van der Waals surface area contributed by atoms with Gasteiger partial charge in [0.25, 0.3) is 0 Å². The Morgan fingerprint density at radius 3 is 3.06 bits per heavy atom. The molecule has 0 aliphatic carbocycles. The molecule has 2 rings (SSSR count). The van der Waals surface area contributed by atoms with Crippen molar-refractivity contribution >= 4 is 40.9 Å². The van der Waals surface area contributed by atoms with E-state index in [-0.39, 0.29) is 6.61 Å². The van der Waals surface area contributed by atoms with Crippen LogP contribution >= 0.6 is 23.8 Å². The first-order valence-electron chi connectivity index (χ1n) is 4.89. The minimum Gasteiger partial charge on any atom is -0.448 e. The second kappa shape index (κ2) is 4.77. The predicted molar refractivity (Wildman–Crippen MR) is 67.7 cm³/mol. The third kappa shape index (κ3) is 2.42. The van der Waals surface area contributed by atoms with Crippen LogP contribution in [0.4, 0.5) is 4.79 Å². The van der Waals surface area contributed by atoms with E-state index in [0.717, 1.165) is 11.0 Å². The number of hydrogen-bond acceptors (Lipinski definition) is 3. The highest BCUT2D eigenvalue weighted by Crippen LogP contribution is 2.22. The van der Waals surface area contributed by atoms with Crippen molar-refractivity contribution in [3.8, 4) is 0 Å². The topological polar surface area (TPSA) is 73.0 Å². The molecule has 0 aliphatic heterocycles. The maximum atomic E-state index is 10.5. The first-order valence-corrected chi connectivity index (χ1v) is 5.67. The fraction of sp³-hybridized carbons (Fsp3) is 0.200. The summed E-state index contributed by atoms with van der Waals surface area (Å²) in [6.07, 6.45) is -0.797. The largest absolute Gasteiger partial charge is 0.448 e. The maximum Gasteiger partial charge on any atom is 0.404 e. The van der Waals surface area contributed by atoms with Gasteiger partial charge in [-0.2, -0.15) is 0 Å². The Morgan fingerprint density at radius 1 is 1.59 bits per heavy atom. The van der Waals surface area contributed by atoms with Crippen LogP contribution in [0, 0.1) is 4.77 Å². The van der Waals surface area contributed by atoms with E-state index in [1.807, 2.05) is 12.1 Å². The molecule has 90 valence electrons. The summed E-state index contributed by atoms with van der Waals surface area (Å²) in [5.74, 6) is 0. The van der Waals surface area contributed by atoms with Crippen LogP contribution in [0.3, 0.4) is 0 Å². The van der Waals surface area contributed by atoms with Crippen molar-refractivity contribution in [1.82, 2.24) is 9.55 Å². The quantitative estimate of drug-likeness (QED) is 0.842. The lowest BCUT2D eigenvalue weighted by Gasteiger charge is -2.04. The molecular formula is C10H10ClN3O2S. The highest BCUT2D eigenvalue weighted by Gasteiger charge is 2.07. The summed E-state index contributed by atoms with van der Waals surface area (Å²) in [4.78, 5) is 13.5. The average Bonchev–Trinajstić information content (AvgIpc) is 2.57. The Morgan fingerprint density at radius 2 is 2.35 bits per heavy atom. The molecule has 1 aromatic carbocycles. The monoisotopic (exact) mass is 271 g/mol. The fourth-order valence-electron chi connectivity index (χ4n) is 1.60. The number of carbonyl (C=O) groups is 1. The van der Waals surface area contributed by atoms with E-state index in [2.05, 4.69) is 9.72 Å². The van der Waals surface area contributed by atoms with E-state index in [9.17, 15) is 4.79 Å². The van der Waals surface area contributed by atoms with Gasteiger partial charge in [-0.1, -0.05) is 17.7 Å². The van der Waals surface area contributed by atoms with Gasteiger partial charge >= 0.3 is 6.09 Å². The van der Waals surface area contributed by atoms with E-state index >= 15 is 0 Å². The number of para-hydroxylation sites is 1. The van der Waals surface area contributed by atoms with Crippen molar-refractivity contribution in [2.45, 2.75) is 6.54 Å². The van der Waals surface area contributed by atoms with Crippen molar-refractivity contribution < 1.29 is 9.53 Å². The number of ether oxygens (including phenoxy) is 1. The SMILES string of the molecule is NC(=O)OCCn1c(=S)[nH]c2c(Cl)cccc21. The third-order valence-electron chi connectivity index (χ3n) is 2.32. The van der Waals surface area contributed by atoms with Crippen molar-refractivity contribution in [3.05, 3.63) is 28.0 Å². The number of primary amides is 1. The van der Waals surface area contributed by atoms with Gasteiger partial charge in [0.05, 0.1) is 22.6 Å². The lowest BCUT2D eigenvalue weighted by molar-refractivity contribution is 0.152. The Bertz CT molecular complexity index is 620. The summed E-state index contributed by atoms with van der Waals surface area (Å²) in [6.45, 7) is 0.602. The van der Waals surface area contributed by atoms with Gasteiger partial charge in [0, 0.05) is 0 Å². The molecule has 0 saturated carbocycles. The second-order valence-electron chi connectivity index (χ2n) is 3.38. The van der Waals surface area contributed by atoms with Gasteiger partial charge in [0.15, 0.2) is 4.77 Å². The number of aromatic amines is 1. The van der Waals surface area contributed by atoms with Crippen LogP contribution in [0.25, 0.3) is 11.0 Å². The Kier molecular flexibility index (Phi) is 3.35. The Hall–Kier alpha value is -1.53. The maximum absolute atomic E-state index is 10.5. The molecule has 0 saturated heterocycles. The molecule has 7 heteroatoms. The molecule has 0 aliphatic rings. The summed E-state index contributed by atoms with van der Waals surface area (Å²) in [7, 11) is 0. The standard InChI is InChI=1S/C10H10ClN3O2S/c11-6-2-1-3-7-8(6)13-10(17)14(7)4-5-16-9(12)15/h1-3H,4-5H2,(H2,12,15)(H,13,17). The molecule has 0 radical (unpaired) electrons. The van der Waals surface area contributed by atoms with Crippen molar-refractivity contribution in [2.24, 2.45) is 5.73 Å². The zero-order chi connectivity index (χ0) is 12.4. The molecule has 0 spiro atoms. The lowest BCUT2D eigenvalue weighted by atomic mass is 10.3. The van der Waals surface area contributed by atoms with Crippen LogP contribution in [-0.2, 0) is 11.3 Å². The van der Waals surface area contributed by atoms with Crippen LogP contribution in [0.15, 0.2) is 18.2 Å². The number of halogens is 1. The molecular weight excluding hydrogens is 262 g/mol. The molecule has 0 bridgehead atoms. The number of carbonyl (C=O) groups excluding carboxylic acids is 1. The third-order valence-corrected chi connectivity index (χ3v) is 2.96. The van der Waals surface area contributed by atoms with E-state index in [4.69, 9.17) is 29.6 Å². The minimum atomic E-state index is -0.797. The molecule has 0 unspecified atom stereocenters. The smallest absolute Gasteiger partial charge is 0.404 e. The average molecular weight is 272 g/mol. The molecule has 2 aromatic rings. The van der Waals surface area contributed by atoms with Crippen LogP contribution in [-0.4, -0.2) is 22.3 Å². The number of H-pyrrole nitrogens is 1. The number of hydrogen-bond donors (Lipinski definition) is 2. The van der Waals surface area contributed by atoms with Gasteiger partial charge in [-0.3, -0.25) is 0 Å². The van der Waals surface area contributed by atoms with E-state index in [0.29, 0.717) is 16.3 Å². The summed E-state index contributed by atoms with van der Waals surface area (Å²) < 4.78 is 7.01. The van der Waals surface area contributed by atoms with Crippen LogP contribution < -0.4 is 5.73 Å². The van der Waals surface area contributed by atoms with Crippen molar-refractivity contribution in [1.29, 1.82) is 0 Å². The first-order chi connectivity index (χ1) is 8.09. The summed E-state index contributed by atoms with van der Waals surface area (Å²) in [6, 6.07) is 5.50. The summed E-state index contributed by atoms with van der Waals surface area (Å²) in [5, 5.41) is 0.600. The molecule has 0 fully saturated rings. The molecule has 1 heterocycles. The zero-order valence-electron chi connectivity index (χ0n) is 8.77. The Labute approximate surface area is 107 Å².